The van der Waals surface area contributed by atoms with Gasteiger partial charge in [-0.1, -0.05) is 403 Å². The molecule has 0 N–H and O–H groups in total. The van der Waals surface area contributed by atoms with Gasteiger partial charge in [0.15, 0.2) is 0 Å². The van der Waals surface area contributed by atoms with Crippen molar-refractivity contribution in [3.8, 4) is 77.9 Å². The molecule has 0 spiro atoms. The van der Waals surface area contributed by atoms with E-state index in [0.717, 1.165) is 44.6 Å². The number of rotatable bonds is 14. The summed E-state index contributed by atoms with van der Waals surface area (Å²) >= 11 is 10.0. The van der Waals surface area contributed by atoms with E-state index in [9.17, 15) is 0 Å². The number of fused-ring (bicyclic) bond motifs is 18. The van der Waals surface area contributed by atoms with Crippen LogP contribution in [0.15, 0.2) is 473 Å². The van der Waals surface area contributed by atoms with Crippen LogP contribution in [-0.2, 0) is 31.0 Å². The molecule has 1 saturated heterocycles. The van der Waals surface area contributed by atoms with E-state index in [0.29, 0.717) is 0 Å². The molecule has 1 fully saturated rings. The number of hydrogen-bond donors (Lipinski definition) is 0. The molecule has 0 radical (unpaired) electrons. The van der Waals surface area contributed by atoms with Gasteiger partial charge >= 0.3 is 7.12 Å². The Labute approximate surface area is 844 Å². The fourth-order valence-electron chi connectivity index (χ4n) is 23.7. The fraction of sp³-hybridized carbons (Fsp3) is 0.104. The molecule has 3 heterocycles. The quantitative estimate of drug-likeness (QED) is 0.101. The number of thiophene rings is 2. The third-order valence-electron chi connectivity index (χ3n) is 31.4. The van der Waals surface area contributed by atoms with Crippen molar-refractivity contribution in [2.75, 3.05) is 9.80 Å². The van der Waals surface area contributed by atoms with Gasteiger partial charge in [0, 0.05) is 90.1 Å². The zero-order valence-corrected chi connectivity index (χ0v) is 82.9. The van der Waals surface area contributed by atoms with Crippen LogP contribution in [0, 0.1) is 0 Å². The van der Waals surface area contributed by atoms with Crippen LogP contribution in [0.1, 0.15) is 122 Å². The molecule has 8 heteroatoms. The minimum absolute atomic E-state index is 0.0629. The van der Waals surface area contributed by atoms with Crippen LogP contribution in [-0.4, -0.2) is 18.3 Å². The standard InChI is InChI=1S/C64H45NS.C37H31BO2S.C33H26ClN/c1-63(2)56-23-11-6-19-50(56)53-38-37-48(41-59(53)63)65(60-26-14-9-18-49(60)44-16-4-3-5-17-44)47-35-30-43(31-36-47)42-28-32-45(33-29-42)64(57-24-12-7-20-51(57)52-21-8-13-25-58(52)64)46-34-39-62-55(40-46)54-22-10-15-27-61(54)66-62;1-35(2)36(3,4)40-38(39-35)26-20-17-24(18-21-26)37(31-14-8-5-11-27(31)28-12-6-9-15-32(28)37)25-19-22-34-30(23-25)29-13-7-10-16-33(29)41-34;1-33(2)30-14-8-6-13-28(30)29-21-20-26(22-31(29)33)35(25-18-16-24(34)17-19-25)32-15-9-7-12-27(32)23-10-4-3-5-11-23/h3-41H,1-2H3;5-23H,1-4H3;3-22H,1-2H3. The second-order valence-corrected chi connectivity index (χ2v) is 43.0. The lowest BCUT2D eigenvalue weighted by atomic mass is 9.66. The minimum Gasteiger partial charge on any atom is -0.399 e. The normalized spacial score (nSPS) is 14.9. The monoisotopic (exact) mass is 1880 g/mol. The van der Waals surface area contributed by atoms with Gasteiger partial charge in [0.05, 0.1) is 33.4 Å². The van der Waals surface area contributed by atoms with Gasteiger partial charge in [-0.05, 0) is 276 Å². The van der Waals surface area contributed by atoms with E-state index in [-0.39, 0.29) is 29.2 Å². The van der Waals surface area contributed by atoms with Crippen molar-refractivity contribution in [1.82, 2.24) is 0 Å². The molecule has 2 aromatic heterocycles. The molecule has 1 aliphatic heterocycles. The van der Waals surface area contributed by atoms with Gasteiger partial charge in [-0.15, -0.1) is 22.7 Å². The number of halogens is 1. The smallest absolute Gasteiger partial charge is 0.399 e. The van der Waals surface area contributed by atoms with Crippen molar-refractivity contribution < 1.29 is 9.31 Å². The van der Waals surface area contributed by atoms with Crippen LogP contribution in [0.25, 0.3) is 118 Å². The summed E-state index contributed by atoms with van der Waals surface area (Å²) in [6, 6.07) is 174. The SMILES string of the molecule is CC1(C)OB(c2ccc(C3(c4ccc5sc6ccccc6c5c4)c4ccccc4-c4ccccc43)cc2)OC1(C)C.CC1(C)c2ccccc2-c2ccc(N(c3ccc(-c4ccc(C5(c6ccc7sc8ccccc8c7c6)c6ccccc6-c6ccccc65)cc4)cc3)c3ccccc3-c3ccccc3)cc21.CC1(C)c2ccccc2-c2ccc(N(c3ccc(Cl)cc3)c3ccccc3-c3ccccc3)cc21. The van der Waals surface area contributed by atoms with Gasteiger partial charge in [-0.3, -0.25) is 0 Å². The molecule has 142 heavy (non-hydrogen) atoms. The van der Waals surface area contributed by atoms with E-state index in [1.807, 2.05) is 34.8 Å². The Morgan fingerprint density at radius 3 is 0.901 bits per heavy atom. The van der Waals surface area contributed by atoms with Crippen molar-refractivity contribution in [3.63, 3.8) is 0 Å². The van der Waals surface area contributed by atoms with Gasteiger partial charge in [0.2, 0.25) is 0 Å². The molecule has 0 bridgehead atoms. The zero-order chi connectivity index (χ0) is 96.0. The van der Waals surface area contributed by atoms with E-state index in [2.05, 4.69) is 526 Å². The van der Waals surface area contributed by atoms with Crippen molar-refractivity contribution in [1.29, 1.82) is 0 Å². The van der Waals surface area contributed by atoms with E-state index in [4.69, 9.17) is 20.9 Å². The van der Waals surface area contributed by atoms with Crippen LogP contribution in [0.3, 0.4) is 0 Å². The zero-order valence-electron chi connectivity index (χ0n) is 80.5. The Morgan fingerprint density at radius 2 is 0.507 bits per heavy atom. The molecule has 4 aliphatic carbocycles. The van der Waals surface area contributed by atoms with Crippen LogP contribution >= 0.6 is 34.3 Å². The second-order valence-electron chi connectivity index (χ2n) is 40.3. The molecule has 22 aromatic rings. The predicted octanol–water partition coefficient (Wildman–Crippen LogP) is 36.0. The Morgan fingerprint density at radius 1 is 0.218 bits per heavy atom. The molecular weight excluding hydrogens is 1780 g/mol. The molecule has 0 atom stereocenters. The lowest BCUT2D eigenvalue weighted by Gasteiger charge is -2.34. The van der Waals surface area contributed by atoms with Gasteiger partial charge in [0.25, 0.3) is 0 Å². The number of anilines is 6. The number of para-hydroxylation sites is 2. The van der Waals surface area contributed by atoms with Crippen molar-refractivity contribution in [3.05, 3.63) is 545 Å². The van der Waals surface area contributed by atoms with E-state index in [1.54, 1.807) is 0 Å². The molecular formula is C134H102BClN2O2S2. The highest BCUT2D eigenvalue weighted by atomic mass is 35.5. The predicted molar refractivity (Wildman–Crippen MR) is 601 cm³/mol. The largest absolute Gasteiger partial charge is 0.494 e. The van der Waals surface area contributed by atoms with E-state index >= 15 is 0 Å². The highest BCUT2D eigenvalue weighted by Gasteiger charge is 2.53. The number of hydrogen-bond acceptors (Lipinski definition) is 6. The molecule has 27 rings (SSSR count). The third-order valence-corrected chi connectivity index (χ3v) is 33.9. The van der Waals surface area contributed by atoms with Gasteiger partial charge in [-0.25, -0.2) is 0 Å². The first kappa shape index (κ1) is 88.2. The molecule has 4 nitrogen and oxygen atoms in total. The Kier molecular flexibility index (Phi) is 21.5. The number of nitrogens with zero attached hydrogens (tertiary/aromatic N) is 2. The average Bonchev–Trinajstić information content (AvgIpc) is 1.55. The lowest BCUT2D eigenvalue weighted by molar-refractivity contribution is 0.00578. The maximum Gasteiger partial charge on any atom is 0.494 e. The maximum absolute atomic E-state index is 6.40. The van der Waals surface area contributed by atoms with Crippen molar-refractivity contribution >= 4 is 121 Å². The van der Waals surface area contributed by atoms with Crippen LogP contribution in [0.5, 0.6) is 0 Å². The summed E-state index contributed by atoms with van der Waals surface area (Å²) in [6.45, 7) is 17.8. The van der Waals surface area contributed by atoms with E-state index < -0.39 is 10.8 Å². The Bertz CT molecular complexity index is 8590. The molecule has 20 aromatic carbocycles. The van der Waals surface area contributed by atoms with Gasteiger partial charge < -0.3 is 19.1 Å². The Hall–Kier alpha value is -15.3. The molecule has 0 saturated carbocycles. The highest BCUT2D eigenvalue weighted by molar-refractivity contribution is 7.26. The summed E-state index contributed by atoms with van der Waals surface area (Å²) in [7, 11) is -0.387. The first-order chi connectivity index (χ1) is 69.3. The van der Waals surface area contributed by atoms with Gasteiger partial charge in [0.1, 0.15) is 0 Å². The summed E-state index contributed by atoms with van der Waals surface area (Å²) in [4.78, 5) is 4.79. The average molecular weight is 1880 g/mol. The van der Waals surface area contributed by atoms with Crippen molar-refractivity contribution in [2.24, 2.45) is 0 Å². The first-order valence-corrected chi connectivity index (χ1v) is 51.4. The Balaban J connectivity index is 0.000000120. The summed E-state index contributed by atoms with van der Waals surface area (Å²) in [6.07, 6.45) is 0. The molecule has 0 amide bonds. The summed E-state index contributed by atoms with van der Waals surface area (Å²) in [5.74, 6) is 0. The minimum atomic E-state index is -0.481. The highest BCUT2D eigenvalue weighted by Crippen LogP contribution is 2.61. The summed E-state index contributed by atoms with van der Waals surface area (Å²) in [5, 5.41) is 6.01. The second kappa shape index (κ2) is 34.6. The third kappa shape index (κ3) is 14.3. The summed E-state index contributed by atoms with van der Waals surface area (Å²) in [5.41, 5.74) is 39.5. The van der Waals surface area contributed by atoms with Gasteiger partial charge in [-0.2, -0.15) is 0 Å². The van der Waals surface area contributed by atoms with E-state index in [1.165, 1.54) is 185 Å². The van der Waals surface area contributed by atoms with Crippen LogP contribution in [0.4, 0.5) is 34.1 Å². The summed E-state index contributed by atoms with van der Waals surface area (Å²) < 4.78 is 18.1. The first-order valence-electron chi connectivity index (χ1n) is 49.3. The fourth-order valence-corrected chi connectivity index (χ4v) is 26.0. The molecule has 5 aliphatic rings. The topological polar surface area (TPSA) is 24.9 Å². The molecule has 682 valence electrons. The number of benzene rings is 20. The lowest BCUT2D eigenvalue weighted by Crippen LogP contribution is -2.41. The maximum atomic E-state index is 6.40. The van der Waals surface area contributed by atoms with Crippen LogP contribution < -0.4 is 15.3 Å². The molecule has 0 unspecified atom stereocenters. The van der Waals surface area contributed by atoms with Crippen molar-refractivity contribution in [2.45, 2.75) is 88.3 Å². The van der Waals surface area contributed by atoms with Crippen LogP contribution in [0.2, 0.25) is 5.02 Å².